The molecule has 1 fully saturated rings. The van der Waals surface area contributed by atoms with E-state index in [1.165, 1.54) is 25.3 Å². The van der Waals surface area contributed by atoms with Crippen LogP contribution in [0.5, 0.6) is 0 Å². The van der Waals surface area contributed by atoms with E-state index in [0.717, 1.165) is 18.9 Å². The zero-order chi connectivity index (χ0) is 13.8. The average Bonchev–Trinajstić information content (AvgIpc) is 2.39. The van der Waals surface area contributed by atoms with Gasteiger partial charge < -0.3 is 5.32 Å². The summed E-state index contributed by atoms with van der Waals surface area (Å²) in [6.45, 7) is 4.17. The van der Waals surface area contributed by atoms with Gasteiger partial charge in [-0.25, -0.2) is 8.78 Å². The fourth-order valence-electron chi connectivity index (χ4n) is 3.18. The Bertz CT molecular complexity index is 419. The van der Waals surface area contributed by atoms with Gasteiger partial charge in [0, 0.05) is 23.7 Å². The third-order valence-electron chi connectivity index (χ3n) is 4.33. The van der Waals surface area contributed by atoms with Crippen LogP contribution in [0.3, 0.4) is 0 Å². The molecule has 0 radical (unpaired) electrons. The maximum Gasteiger partial charge on any atom is 0.130 e. The first kappa shape index (κ1) is 14.4. The molecule has 1 aromatic carbocycles. The Labute approximate surface area is 114 Å². The van der Waals surface area contributed by atoms with Crippen LogP contribution < -0.4 is 5.32 Å². The molecular weight excluding hydrogens is 244 g/mol. The van der Waals surface area contributed by atoms with Crippen molar-refractivity contribution in [3.63, 3.8) is 0 Å². The minimum atomic E-state index is -0.516. The Balaban J connectivity index is 2.05. The summed E-state index contributed by atoms with van der Waals surface area (Å²) in [7, 11) is 0. The van der Waals surface area contributed by atoms with E-state index in [2.05, 4.69) is 12.2 Å². The number of hydrogen-bond donors (Lipinski definition) is 1. The second kappa shape index (κ2) is 6.47. The maximum atomic E-state index is 13.8. The molecule has 1 nitrogen and oxygen atoms in total. The molecule has 0 spiro atoms. The number of hydrogen-bond acceptors (Lipinski definition) is 1. The van der Waals surface area contributed by atoms with Crippen LogP contribution in [0.25, 0.3) is 0 Å². The fraction of sp³-hybridized carbons (Fsp3) is 0.625. The monoisotopic (exact) mass is 267 g/mol. The number of halogens is 2. The van der Waals surface area contributed by atoms with Gasteiger partial charge in [-0.2, -0.15) is 0 Å². The zero-order valence-corrected chi connectivity index (χ0v) is 11.8. The quantitative estimate of drug-likeness (QED) is 0.841. The first-order valence-electron chi connectivity index (χ1n) is 7.32. The van der Waals surface area contributed by atoms with E-state index in [-0.39, 0.29) is 6.04 Å². The van der Waals surface area contributed by atoms with Gasteiger partial charge in [0.2, 0.25) is 0 Å². The van der Waals surface area contributed by atoms with E-state index in [1.807, 2.05) is 6.92 Å². The van der Waals surface area contributed by atoms with Crippen LogP contribution in [0.1, 0.15) is 57.6 Å². The third kappa shape index (κ3) is 3.53. The topological polar surface area (TPSA) is 12.0 Å². The molecule has 0 heterocycles. The van der Waals surface area contributed by atoms with E-state index >= 15 is 0 Å². The molecule has 1 saturated carbocycles. The second-order valence-corrected chi connectivity index (χ2v) is 5.61. The molecule has 1 aliphatic rings. The van der Waals surface area contributed by atoms with Gasteiger partial charge in [-0.05, 0) is 31.7 Å². The summed E-state index contributed by atoms with van der Waals surface area (Å²) in [5.41, 5.74) is 0.557. The van der Waals surface area contributed by atoms with Gasteiger partial charge in [0.25, 0.3) is 0 Å². The molecule has 2 rings (SSSR count). The molecule has 3 heteroatoms. The smallest absolute Gasteiger partial charge is 0.130 e. The van der Waals surface area contributed by atoms with Crippen LogP contribution in [0.4, 0.5) is 8.78 Å². The van der Waals surface area contributed by atoms with Gasteiger partial charge in [-0.3, -0.25) is 0 Å². The van der Waals surface area contributed by atoms with E-state index in [0.29, 0.717) is 17.5 Å². The van der Waals surface area contributed by atoms with Crippen LogP contribution in [0.15, 0.2) is 18.2 Å². The van der Waals surface area contributed by atoms with Crippen molar-refractivity contribution in [1.29, 1.82) is 0 Å². The van der Waals surface area contributed by atoms with Crippen LogP contribution in [0.2, 0.25) is 0 Å². The van der Waals surface area contributed by atoms with Crippen molar-refractivity contribution in [3.05, 3.63) is 35.4 Å². The van der Waals surface area contributed by atoms with Crippen LogP contribution in [0, 0.1) is 17.6 Å². The van der Waals surface area contributed by atoms with Crippen molar-refractivity contribution in [2.75, 3.05) is 0 Å². The van der Waals surface area contributed by atoms with E-state index < -0.39 is 11.6 Å². The van der Waals surface area contributed by atoms with Crippen LogP contribution in [-0.2, 0) is 0 Å². The summed E-state index contributed by atoms with van der Waals surface area (Å²) < 4.78 is 26.7. The van der Waals surface area contributed by atoms with Crippen molar-refractivity contribution >= 4 is 0 Å². The molecule has 1 aromatic rings. The largest absolute Gasteiger partial charge is 0.307 e. The van der Waals surface area contributed by atoms with Crippen LogP contribution >= 0.6 is 0 Å². The molecular formula is C16H23F2N. The molecule has 3 atom stereocenters. The maximum absolute atomic E-state index is 13.8. The zero-order valence-electron chi connectivity index (χ0n) is 11.8. The van der Waals surface area contributed by atoms with Crippen molar-refractivity contribution in [2.45, 2.75) is 58.0 Å². The lowest BCUT2D eigenvalue weighted by Gasteiger charge is -2.34. The summed E-state index contributed by atoms with van der Waals surface area (Å²) in [5, 5.41) is 3.53. The standard InChI is InChI=1S/C16H23F2N/c1-3-12-6-4-5-7-16(12)19-11(2)14-9-8-13(17)10-15(14)18/h8-12,16,19H,3-7H2,1-2H3. The Kier molecular flexibility index (Phi) is 4.92. The Hall–Kier alpha value is -0.960. The van der Waals surface area contributed by atoms with Gasteiger partial charge in [0.15, 0.2) is 0 Å². The summed E-state index contributed by atoms with van der Waals surface area (Å²) in [6, 6.07) is 4.22. The van der Waals surface area contributed by atoms with Gasteiger partial charge in [-0.15, -0.1) is 0 Å². The van der Waals surface area contributed by atoms with Gasteiger partial charge in [-0.1, -0.05) is 32.3 Å². The number of nitrogens with one attached hydrogen (secondary N) is 1. The summed E-state index contributed by atoms with van der Waals surface area (Å²) in [6.07, 6.45) is 6.12. The third-order valence-corrected chi connectivity index (χ3v) is 4.33. The van der Waals surface area contributed by atoms with E-state index in [9.17, 15) is 8.78 Å². The highest BCUT2D eigenvalue weighted by atomic mass is 19.1. The van der Waals surface area contributed by atoms with Crippen molar-refractivity contribution < 1.29 is 8.78 Å². The van der Waals surface area contributed by atoms with E-state index in [1.54, 1.807) is 6.07 Å². The molecule has 0 aromatic heterocycles. The lowest BCUT2D eigenvalue weighted by atomic mass is 9.82. The Morgan fingerprint density at radius 2 is 2.00 bits per heavy atom. The first-order valence-corrected chi connectivity index (χ1v) is 7.32. The van der Waals surface area contributed by atoms with Gasteiger partial charge in [0.1, 0.15) is 11.6 Å². The lowest BCUT2D eigenvalue weighted by molar-refractivity contribution is 0.239. The molecule has 19 heavy (non-hydrogen) atoms. The predicted molar refractivity (Wildman–Crippen MR) is 73.9 cm³/mol. The van der Waals surface area contributed by atoms with Gasteiger partial charge >= 0.3 is 0 Å². The van der Waals surface area contributed by atoms with E-state index in [4.69, 9.17) is 0 Å². The highest BCUT2D eigenvalue weighted by Gasteiger charge is 2.25. The molecule has 1 N–H and O–H groups in total. The van der Waals surface area contributed by atoms with Gasteiger partial charge in [0.05, 0.1) is 0 Å². The fourth-order valence-corrected chi connectivity index (χ4v) is 3.18. The van der Waals surface area contributed by atoms with Crippen molar-refractivity contribution in [2.24, 2.45) is 5.92 Å². The van der Waals surface area contributed by atoms with Crippen molar-refractivity contribution in [1.82, 2.24) is 5.32 Å². The summed E-state index contributed by atoms with van der Waals surface area (Å²) >= 11 is 0. The molecule has 3 unspecified atom stereocenters. The lowest BCUT2D eigenvalue weighted by Crippen LogP contribution is -2.39. The highest BCUT2D eigenvalue weighted by Crippen LogP contribution is 2.29. The Morgan fingerprint density at radius 1 is 1.26 bits per heavy atom. The minimum Gasteiger partial charge on any atom is -0.307 e. The van der Waals surface area contributed by atoms with Crippen molar-refractivity contribution in [3.8, 4) is 0 Å². The molecule has 0 aliphatic heterocycles. The molecule has 106 valence electrons. The SMILES string of the molecule is CCC1CCCCC1NC(C)c1ccc(F)cc1F. The normalized spacial score (nSPS) is 25.3. The second-order valence-electron chi connectivity index (χ2n) is 5.61. The first-order chi connectivity index (χ1) is 9.11. The molecule has 0 saturated heterocycles. The predicted octanol–water partition coefficient (Wildman–Crippen LogP) is 4.58. The number of benzene rings is 1. The Morgan fingerprint density at radius 3 is 2.68 bits per heavy atom. The highest BCUT2D eigenvalue weighted by molar-refractivity contribution is 5.21. The van der Waals surface area contributed by atoms with Crippen LogP contribution in [-0.4, -0.2) is 6.04 Å². The molecule has 0 bridgehead atoms. The minimum absolute atomic E-state index is 0.0715. The molecule has 0 amide bonds. The average molecular weight is 267 g/mol. The summed E-state index contributed by atoms with van der Waals surface area (Å²) in [4.78, 5) is 0. The summed E-state index contributed by atoms with van der Waals surface area (Å²) in [5.74, 6) is -0.291. The number of rotatable bonds is 4. The molecule has 1 aliphatic carbocycles.